The highest BCUT2D eigenvalue weighted by molar-refractivity contribution is 6.05. The second-order valence-electron chi connectivity index (χ2n) is 10.6. The number of para-hydroxylation sites is 1. The number of nitrogens with zero attached hydrogens (tertiary/aromatic N) is 5. The Bertz CT molecular complexity index is 1900. The maximum atomic E-state index is 15.7. The third-order valence-electron chi connectivity index (χ3n) is 8.09. The molecule has 2 aromatic carbocycles. The molecule has 1 saturated carbocycles. The summed E-state index contributed by atoms with van der Waals surface area (Å²) in [7, 11) is 0. The SMILES string of the molecule is Nc1ncnc2c1c(-c1ccc(NC(=O)c3c4n(n(-c5ccccc5)c3=O)CCOC4)cc1F)cn2[C@H]1CC[C@@H](O)C1. The zero-order valence-corrected chi connectivity index (χ0v) is 22.5. The van der Waals surface area contributed by atoms with Gasteiger partial charge in [-0.05, 0) is 49.6 Å². The number of anilines is 2. The minimum Gasteiger partial charge on any atom is -0.393 e. The fourth-order valence-electron chi connectivity index (χ4n) is 6.13. The van der Waals surface area contributed by atoms with Gasteiger partial charge in [0.1, 0.15) is 29.2 Å². The number of rotatable bonds is 5. The summed E-state index contributed by atoms with van der Waals surface area (Å²) in [5.41, 5.74) is 8.34. The number of nitrogens with one attached hydrogen (secondary N) is 1. The van der Waals surface area contributed by atoms with Crippen LogP contribution in [0.15, 0.2) is 65.8 Å². The summed E-state index contributed by atoms with van der Waals surface area (Å²) in [6, 6.07) is 13.4. The number of nitrogens with two attached hydrogens (primary N) is 1. The van der Waals surface area contributed by atoms with Crippen molar-refractivity contribution in [3.63, 3.8) is 0 Å². The Morgan fingerprint density at radius 3 is 2.71 bits per heavy atom. The van der Waals surface area contributed by atoms with Crippen molar-refractivity contribution in [3.8, 4) is 16.8 Å². The van der Waals surface area contributed by atoms with Gasteiger partial charge in [0.15, 0.2) is 0 Å². The quantitative estimate of drug-likeness (QED) is 0.293. The van der Waals surface area contributed by atoms with Crippen molar-refractivity contribution >= 4 is 28.4 Å². The van der Waals surface area contributed by atoms with Crippen LogP contribution in [0.4, 0.5) is 15.9 Å². The van der Waals surface area contributed by atoms with Gasteiger partial charge >= 0.3 is 0 Å². The molecule has 1 fully saturated rings. The molecular formula is C30H28FN7O4. The first-order valence-electron chi connectivity index (χ1n) is 13.8. The zero-order chi connectivity index (χ0) is 29.0. The van der Waals surface area contributed by atoms with Crippen LogP contribution in [0, 0.1) is 5.82 Å². The molecule has 11 nitrogen and oxygen atoms in total. The largest absolute Gasteiger partial charge is 0.393 e. The Morgan fingerprint density at radius 1 is 1.12 bits per heavy atom. The minimum absolute atomic E-state index is 0.00410. The number of carbonyl (C=O) groups excluding carboxylic acids is 1. The van der Waals surface area contributed by atoms with Gasteiger partial charge in [0.2, 0.25) is 0 Å². The highest BCUT2D eigenvalue weighted by atomic mass is 19.1. The second-order valence-corrected chi connectivity index (χ2v) is 10.6. The Morgan fingerprint density at radius 2 is 1.95 bits per heavy atom. The molecule has 0 radical (unpaired) electrons. The first kappa shape index (κ1) is 26.1. The molecule has 4 heterocycles. The number of halogens is 1. The lowest BCUT2D eigenvalue weighted by atomic mass is 10.0. The molecule has 42 heavy (non-hydrogen) atoms. The second kappa shape index (κ2) is 10.2. The molecule has 3 aromatic heterocycles. The van der Waals surface area contributed by atoms with E-state index in [1.165, 1.54) is 17.1 Å². The minimum atomic E-state index is -0.648. The molecule has 7 rings (SSSR count). The van der Waals surface area contributed by atoms with Gasteiger partial charge in [0, 0.05) is 29.1 Å². The van der Waals surface area contributed by atoms with E-state index in [1.54, 1.807) is 35.1 Å². The number of aromatic nitrogens is 5. The molecule has 214 valence electrons. The van der Waals surface area contributed by atoms with E-state index in [-0.39, 0.29) is 35.3 Å². The van der Waals surface area contributed by atoms with Crippen LogP contribution in [0.25, 0.3) is 27.8 Å². The Balaban J connectivity index is 1.23. The highest BCUT2D eigenvalue weighted by Crippen LogP contribution is 2.40. The van der Waals surface area contributed by atoms with E-state index in [0.29, 0.717) is 54.0 Å². The predicted octanol–water partition coefficient (Wildman–Crippen LogP) is 3.64. The molecule has 0 saturated heterocycles. The summed E-state index contributed by atoms with van der Waals surface area (Å²) < 4.78 is 26.4. The standard InChI is InChI=1S/C30H28FN7O4/c31-23-12-17(35-29(40)26-24-15-42-11-10-37(24)38(30(26)41)18-4-2-1-3-5-18)6-9-21(23)22-14-36(19-7-8-20(39)13-19)28-25(22)27(32)33-16-34-28/h1-6,9,12,14,16,19-20,39H,7-8,10-11,13,15H2,(H,35,40)(H2,32,33,34)/t19-,20+/m0/s1. The third-order valence-corrected chi connectivity index (χ3v) is 8.09. The van der Waals surface area contributed by atoms with Crippen molar-refractivity contribution in [2.24, 2.45) is 0 Å². The number of aliphatic hydroxyl groups is 1. The van der Waals surface area contributed by atoms with Crippen molar-refractivity contribution < 1.29 is 19.0 Å². The number of carbonyl (C=O) groups is 1. The van der Waals surface area contributed by atoms with Crippen LogP contribution in [-0.2, 0) is 17.9 Å². The van der Waals surface area contributed by atoms with E-state index in [4.69, 9.17) is 10.5 Å². The van der Waals surface area contributed by atoms with Crippen LogP contribution in [0.3, 0.4) is 0 Å². The van der Waals surface area contributed by atoms with E-state index < -0.39 is 23.4 Å². The first-order valence-corrected chi connectivity index (χ1v) is 13.8. The van der Waals surface area contributed by atoms with Crippen molar-refractivity contribution in [1.29, 1.82) is 0 Å². The van der Waals surface area contributed by atoms with Crippen molar-refractivity contribution in [1.82, 2.24) is 23.9 Å². The topological polar surface area (TPSA) is 142 Å². The maximum absolute atomic E-state index is 15.7. The van der Waals surface area contributed by atoms with Gasteiger partial charge in [-0.2, -0.15) is 0 Å². The fourth-order valence-corrected chi connectivity index (χ4v) is 6.13. The van der Waals surface area contributed by atoms with Gasteiger partial charge in [-0.1, -0.05) is 18.2 Å². The van der Waals surface area contributed by atoms with Crippen LogP contribution in [0.2, 0.25) is 0 Å². The van der Waals surface area contributed by atoms with Crippen molar-refractivity contribution in [2.45, 2.75) is 44.6 Å². The molecule has 0 bridgehead atoms. The summed E-state index contributed by atoms with van der Waals surface area (Å²) in [5, 5.41) is 13.3. The number of ether oxygens (including phenoxy) is 1. The van der Waals surface area contributed by atoms with E-state index in [0.717, 1.165) is 6.42 Å². The van der Waals surface area contributed by atoms with Gasteiger partial charge in [-0.15, -0.1) is 0 Å². The van der Waals surface area contributed by atoms with Gasteiger partial charge in [0.05, 0.1) is 42.6 Å². The van der Waals surface area contributed by atoms with Gasteiger partial charge < -0.3 is 25.5 Å². The molecule has 4 N–H and O–H groups in total. The van der Waals surface area contributed by atoms with E-state index >= 15 is 4.39 Å². The van der Waals surface area contributed by atoms with E-state index in [2.05, 4.69) is 15.3 Å². The summed E-state index contributed by atoms with van der Waals surface area (Å²) in [6.07, 6.45) is 4.79. The Hall–Kier alpha value is -4.81. The number of hydrogen-bond acceptors (Lipinski definition) is 7. The molecular weight excluding hydrogens is 541 g/mol. The molecule has 0 unspecified atom stereocenters. The van der Waals surface area contributed by atoms with Gasteiger partial charge in [-0.3, -0.25) is 14.3 Å². The molecule has 5 aromatic rings. The lowest BCUT2D eigenvalue weighted by Crippen LogP contribution is -2.26. The summed E-state index contributed by atoms with van der Waals surface area (Å²) in [5.74, 6) is -1.02. The summed E-state index contributed by atoms with van der Waals surface area (Å²) in [4.78, 5) is 35.5. The van der Waals surface area contributed by atoms with Crippen molar-refractivity contribution in [3.05, 3.63) is 88.5 Å². The van der Waals surface area contributed by atoms with E-state index in [1.807, 2.05) is 22.8 Å². The first-order chi connectivity index (χ1) is 20.4. The maximum Gasteiger partial charge on any atom is 0.284 e. The number of amides is 1. The Labute approximate surface area is 239 Å². The number of benzene rings is 2. The van der Waals surface area contributed by atoms with E-state index in [9.17, 15) is 14.7 Å². The Kier molecular flexibility index (Phi) is 6.36. The molecule has 12 heteroatoms. The van der Waals surface area contributed by atoms with Crippen LogP contribution in [0.1, 0.15) is 41.4 Å². The number of hydrogen-bond donors (Lipinski definition) is 3. The average molecular weight is 570 g/mol. The van der Waals surface area contributed by atoms with Crippen LogP contribution in [-0.4, -0.2) is 47.6 Å². The normalized spacial score (nSPS) is 18.3. The number of aliphatic hydroxyl groups excluding tert-OH is 1. The molecule has 1 aliphatic heterocycles. The third kappa shape index (κ3) is 4.27. The van der Waals surface area contributed by atoms with Crippen LogP contribution in [0.5, 0.6) is 0 Å². The molecule has 1 aliphatic carbocycles. The molecule has 1 amide bonds. The lowest BCUT2D eigenvalue weighted by Gasteiger charge is -2.19. The zero-order valence-electron chi connectivity index (χ0n) is 22.5. The lowest BCUT2D eigenvalue weighted by molar-refractivity contribution is 0.0756. The smallest absolute Gasteiger partial charge is 0.284 e. The fraction of sp³-hybridized carbons (Fsp3) is 0.267. The predicted molar refractivity (Wildman–Crippen MR) is 154 cm³/mol. The summed E-state index contributed by atoms with van der Waals surface area (Å²) in [6.45, 7) is 0.933. The monoisotopic (exact) mass is 569 g/mol. The molecule has 0 spiro atoms. The highest BCUT2D eigenvalue weighted by Gasteiger charge is 2.30. The summed E-state index contributed by atoms with van der Waals surface area (Å²) >= 11 is 0. The number of fused-ring (bicyclic) bond motifs is 2. The van der Waals surface area contributed by atoms with Crippen LogP contribution >= 0.6 is 0 Å². The van der Waals surface area contributed by atoms with Gasteiger partial charge in [-0.25, -0.2) is 19.0 Å². The average Bonchev–Trinajstić information content (AvgIpc) is 3.67. The molecule has 2 atom stereocenters. The molecule has 2 aliphatic rings. The number of nitrogen functional groups attached to an aromatic ring is 1. The van der Waals surface area contributed by atoms with Crippen molar-refractivity contribution in [2.75, 3.05) is 17.7 Å². The van der Waals surface area contributed by atoms with Gasteiger partial charge in [0.25, 0.3) is 11.5 Å². The van der Waals surface area contributed by atoms with Crippen LogP contribution < -0.4 is 16.6 Å².